The average molecular weight is 293 g/mol. The molecule has 1 unspecified atom stereocenters. The van der Waals surface area contributed by atoms with Crippen LogP contribution in [0.15, 0.2) is 0 Å². The molecule has 0 aromatic carbocycles. The fourth-order valence-electron chi connectivity index (χ4n) is 6.00. The summed E-state index contributed by atoms with van der Waals surface area (Å²) in [6.07, 6.45) is 8.72. The molecule has 4 heteroatoms. The Morgan fingerprint density at radius 1 is 1.14 bits per heavy atom. The Kier molecular flexibility index (Phi) is 3.49. The number of nitrogens with zero attached hydrogens (tertiary/aromatic N) is 1. The summed E-state index contributed by atoms with van der Waals surface area (Å²) in [5, 5.41) is 9.23. The maximum absolute atomic E-state index is 12.7. The number of amides is 1. The number of hydrogen-bond acceptors (Lipinski definition) is 3. The molecule has 5 rings (SSSR count). The van der Waals surface area contributed by atoms with Crippen LogP contribution in [-0.4, -0.2) is 48.3 Å². The van der Waals surface area contributed by atoms with E-state index in [9.17, 15) is 9.90 Å². The van der Waals surface area contributed by atoms with Crippen molar-refractivity contribution in [3.05, 3.63) is 0 Å². The van der Waals surface area contributed by atoms with Crippen LogP contribution < -0.4 is 0 Å². The number of rotatable bonds is 3. The van der Waals surface area contributed by atoms with Crippen LogP contribution in [0.3, 0.4) is 0 Å². The molecule has 4 nitrogen and oxygen atoms in total. The summed E-state index contributed by atoms with van der Waals surface area (Å²) in [5.41, 5.74) is 0.318. The summed E-state index contributed by atoms with van der Waals surface area (Å²) in [6.45, 7) is 1.85. The molecule has 4 bridgehead atoms. The molecule has 1 saturated heterocycles. The monoisotopic (exact) mass is 293 g/mol. The third-order valence-corrected chi connectivity index (χ3v) is 6.39. The number of aliphatic hydroxyl groups is 1. The minimum absolute atomic E-state index is 0.0150. The van der Waals surface area contributed by atoms with E-state index < -0.39 is 0 Å². The molecule has 1 heterocycles. The van der Waals surface area contributed by atoms with Crippen molar-refractivity contribution in [3.8, 4) is 0 Å². The lowest BCUT2D eigenvalue weighted by Crippen LogP contribution is -2.51. The van der Waals surface area contributed by atoms with E-state index in [0.29, 0.717) is 31.0 Å². The molecule has 4 aliphatic carbocycles. The molecule has 0 aromatic rings. The standard InChI is InChI=1S/C17H27NO3/c19-11-15-10-18(1-2-21-15)16(20)9-17-6-12-3-13(7-17)5-14(4-12)8-17/h12-15,19H,1-11H2. The average Bonchev–Trinajstić information content (AvgIpc) is 2.45. The smallest absolute Gasteiger partial charge is 0.223 e. The van der Waals surface area contributed by atoms with E-state index in [4.69, 9.17) is 4.74 Å². The first kappa shape index (κ1) is 14.0. The predicted octanol–water partition coefficient (Wildman–Crippen LogP) is 1.81. The summed E-state index contributed by atoms with van der Waals surface area (Å²) in [5.74, 6) is 3.01. The van der Waals surface area contributed by atoms with Gasteiger partial charge in [-0.3, -0.25) is 4.79 Å². The maximum Gasteiger partial charge on any atom is 0.223 e. The number of hydrogen-bond donors (Lipinski definition) is 1. The molecule has 0 aromatic heterocycles. The first-order valence-electron chi connectivity index (χ1n) is 8.66. The molecule has 5 aliphatic rings. The van der Waals surface area contributed by atoms with Gasteiger partial charge < -0.3 is 14.7 Å². The van der Waals surface area contributed by atoms with Crippen molar-refractivity contribution in [1.29, 1.82) is 0 Å². The minimum atomic E-state index is -0.181. The Bertz CT molecular complexity index is 387. The third kappa shape index (κ3) is 2.61. The van der Waals surface area contributed by atoms with Gasteiger partial charge in [-0.15, -0.1) is 0 Å². The molecular weight excluding hydrogens is 266 g/mol. The maximum atomic E-state index is 12.7. The molecule has 1 aliphatic heterocycles. The zero-order valence-corrected chi connectivity index (χ0v) is 12.8. The van der Waals surface area contributed by atoms with Crippen LogP contribution in [0.25, 0.3) is 0 Å². The van der Waals surface area contributed by atoms with Gasteiger partial charge in [-0.05, 0) is 61.7 Å². The number of ether oxygens (including phenoxy) is 1. The van der Waals surface area contributed by atoms with Gasteiger partial charge in [0.1, 0.15) is 0 Å². The van der Waals surface area contributed by atoms with Crippen molar-refractivity contribution in [3.63, 3.8) is 0 Å². The van der Waals surface area contributed by atoms with E-state index in [1.54, 1.807) is 0 Å². The minimum Gasteiger partial charge on any atom is -0.394 e. The number of aliphatic hydroxyl groups excluding tert-OH is 1. The molecule has 0 radical (unpaired) electrons. The van der Waals surface area contributed by atoms with Crippen molar-refractivity contribution in [1.82, 2.24) is 4.90 Å². The number of carbonyl (C=O) groups excluding carboxylic acids is 1. The Morgan fingerprint density at radius 3 is 2.33 bits per heavy atom. The van der Waals surface area contributed by atoms with Crippen LogP contribution in [-0.2, 0) is 9.53 Å². The van der Waals surface area contributed by atoms with Crippen LogP contribution >= 0.6 is 0 Å². The first-order valence-corrected chi connectivity index (χ1v) is 8.66. The van der Waals surface area contributed by atoms with E-state index >= 15 is 0 Å². The highest BCUT2D eigenvalue weighted by Gasteiger charge is 2.51. The lowest BCUT2D eigenvalue weighted by Gasteiger charge is -2.57. The Morgan fingerprint density at radius 2 is 1.76 bits per heavy atom. The molecule has 1 N–H and O–H groups in total. The highest BCUT2D eigenvalue weighted by Crippen LogP contribution is 2.61. The normalized spacial score (nSPS) is 45.1. The fourth-order valence-corrected chi connectivity index (χ4v) is 6.00. The zero-order chi connectivity index (χ0) is 14.4. The van der Waals surface area contributed by atoms with Crippen molar-refractivity contribution >= 4 is 5.91 Å². The molecule has 4 saturated carbocycles. The van der Waals surface area contributed by atoms with Gasteiger partial charge in [-0.25, -0.2) is 0 Å². The first-order chi connectivity index (χ1) is 10.2. The van der Waals surface area contributed by atoms with E-state index in [-0.39, 0.29) is 12.7 Å². The van der Waals surface area contributed by atoms with Gasteiger partial charge in [-0.2, -0.15) is 0 Å². The summed E-state index contributed by atoms with van der Waals surface area (Å²) >= 11 is 0. The Hall–Kier alpha value is -0.610. The van der Waals surface area contributed by atoms with Crippen LogP contribution in [0.4, 0.5) is 0 Å². The molecule has 1 amide bonds. The zero-order valence-electron chi connectivity index (χ0n) is 12.8. The van der Waals surface area contributed by atoms with Crippen molar-refractivity contribution < 1.29 is 14.6 Å². The highest BCUT2D eigenvalue weighted by atomic mass is 16.5. The highest BCUT2D eigenvalue weighted by molar-refractivity contribution is 5.77. The third-order valence-electron chi connectivity index (χ3n) is 6.39. The quantitative estimate of drug-likeness (QED) is 0.863. The Balaban J connectivity index is 1.42. The molecule has 21 heavy (non-hydrogen) atoms. The van der Waals surface area contributed by atoms with Crippen molar-refractivity contribution in [2.24, 2.45) is 23.2 Å². The fraction of sp³-hybridized carbons (Fsp3) is 0.941. The van der Waals surface area contributed by atoms with E-state index in [2.05, 4.69) is 0 Å². The second-order valence-corrected chi connectivity index (χ2v) is 8.11. The number of morpholine rings is 1. The predicted molar refractivity (Wildman–Crippen MR) is 78.6 cm³/mol. The van der Waals surface area contributed by atoms with Gasteiger partial charge in [0.2, 0.25) is 5.91 Å². The van der Waals surface area contributed by atoms with Gasteiger partial charge in [0.05, 0.1) is 19.3 Å². The largest absolute Gasteiger partial charge is 0.394 e. The van der Waals surface area contributed by atoms with Crippen molar-refractivity contribution in [2.45, 2.75) is 51.0 Å². The molecule has 1 atom stereocenters. The topological polar surface area (TPSA) is 49.8 Å². The SMILES string of the molecule is O=C(CC12CC3CC(CC(C3)C1)C2)N1CCOC(CO)C1. The van der Waals surface area contributed by atoms with Gasteiger partial charge in [0.15, 0.2) is 0 Å². The summed E-state index contributed by atoms with van der Waals surface area (Å²) < 4.78 is 5.46. The van der Waals surface area contributed by atoms with Gasteiger partial charge >= 0.3 is 0 Å². The number of carbonyl (C=O) groups is 1. The van der Waals surface area contributed by atoms with Crippen molar-refractivity contribution in [2.75, 3.05) is 26.3 Å². The van der Waals surface area contributed by atoms with E-state index in [0.717, 1.165) is 24.2 Å². The molecular formula is C17H27NO3. The Labute approximate surface area is 126 Å². The second kappa shape index (κ2) is 5.24. The summed E-state index contributed by atoms with van der Waals surface area (Å²) in [6, 6.07) is 0. The van der Waals surface area contributed by atoms with Crippen LogP contribution in [0.5, 0.6) is 0 Å². The summed E-state index contributed by atoms with van der Waals surface area (Å²) in [4.78, 5) is 14.7. The summed E-state index contributed by atoms with van der Waals surface area (Å²) in [7, 11) is 0. The van der Waals surface area contributed by atoms with Crippen LogP contribution in [0, 0.1) is 23.2 Å². The van der Waals surface area contributed by atoms with Gasteiger partial charge in [0.25, 0.3) is 0 Å². The van der Waals surface area contributed by atoms with E-state index in [1.165, 1.54) is 38.5 Å². The lowest BCUT2D eigenvalue weighted by molar-refractivity contribution is -0.147. The van der Waals surface area contributed by atoms with Gasteiger partial charge in [0, 0.05) is 19.5 Å². The lowest BCUT2D eigenvalue weighted by atomic mass is 9.49. The van der Waals surface area contributed by atoms with Gasteiger partial charge in [-0.1, -0.05) is 0 Å². The molecule has 118 valence electrons. The van der Waals surface area contributed by atoms with Crippen LogP contribution in [0.1, 0.15) is 44.9 Å². The second-order valence-electron chi connectivity index (χ2n) is 8.11. The molecule has 5 fully saturated rings. The van der Waals surface area contributed by atoms with E-state index in [1.807, 2.05) is 4.90 Å². The molecule has 0 spiro atoms. The van der Waals surface area contributed by atoms with Crippen LogP contribution in [0.2, 0.25) is 0 Å².